The van der Waals surface area contributed by atoms with Gasteiger partial charge in [0.05, 0.1) is 0 Å². The third-order valence-electron chi connectivity index (χ3n) is 3.83. The van der Waals surface area contributed by atoms with E-state index in [0.717, 1.165) is 12.8 Å². The molecule has 0 nitrogen and oxygen atoms in total. The van der Waals surface area contributed by atoms with Crippen LogP contribution in [0.2, 0.25) is 0 Å². The smallest absolute Gasteiger partial charge is 0.00574 e. The van der Waals surface area contributed by atoms with E-state index in [2.05, 4.69) is 52.2 Å². The predicted molar refractivity (Wildman–Crippen MR) is 122 cm³/mol. The molecule has 0 aliphatic heterocycles. The first kappa shape index (κ1) is 25.4. The summed E-state index contributed by atoms with van der Waals surface area (Å²) in [5.41, 5.74) is 9.49. The summed E-state index contributed by atoms with van der Waals surface area (Å²) in [5.74, 6) is 0. The van der Waals surface area contributed by atoms with E-state index in [1.54, 1.807) is 0 Å². The van der Waals surface area contributed by atoms with Gasteiger partial charge in [-0.3, -0.25) is 0 Å². The maximum atomic E-state index is 4.00. The van der Waals surface area contributed by atoms with Gasteiger partial charge in [0.1, 0.15) is 0 Å². The molecule has 0 atom stereocenters. The largest absolute Gasteiger partial charge is 0.0984 e. The third-order valence-corrected chi connectivity index (χ3v) is 3.83. The molecule has 0 saturated heterocycles. The highest BCUT2D eigenvalue weighted by Gasteiger charge is 2.21. The highest BCUT2D eigenvalue weighted by molar-refractivity contribution is 5.85. The fourth-order valence-corrected chi connectivity index (χ4v) is 3.08. The lowest BCUT2D eigenvalue weighted by atomic mass is 9.86. The lowest BCUT2D eigenvalue weighted by molar-refractivity contribution is 1.06. The average Bonchev–Trinajstić information content (AvgIpc) is 3.06. The van der Waals surface area contributed by atoms with Gasteiger partial charge in [-0.05, 0) is 60.1 Å². The molecule has 0 heterocycles. The second-order valence-corrected chi connectivity index (χ2v) is 5.04. The SMILES string of the molecule is C=Cc1c(C=C)c(/C=C\C)c(CC)c2c1C=C(C)C2.CC.CC.CC. The highest BCUT2D eigenvalue weighted by Crippen LogP contribution is 2.37. The van der Waals surface area contributed by atoms with Gasteiger partial charge in [0, 0.05) is 0 Å². The quantitative estimate of drug-likeness (QED) is 0.514. The van der Waals surface area contributed by atoms with Gasteiger partial charge in [0.2, 0.25) is 0 Å². The number of fused-ring (bicyclic) bond motifs is 1. The van der Waals surface area contributed by atoms with Crippen LogP contribution >= 0.6 is 0 Å². The number of hydrogen-bond donors (Lipinski definition) is 0. The van der Waals surface area contributed by atoms with Gasteiger partial charge < -0.3 is 0 Å². The van der Waals surface area contributed by atoms with Gasteiger partial charge >= 0.3 is 0 Å². The fourth-order valence-electron chi connectivity index (χ4n) is 3.08. The molecule has 1 aliphatic carbocycles. The summed E-state index contributed by atoms with van der Waals surface area (Å²) < 4.78 is 0. The molecule has 0 N–H and O–H groups in total. The summed E-state index contributed by atoms with van der Waals surface area (Å²) >= 11 is 0. The molecule has 0 fully saturated rings. The van der Waals surface area contributed by atoms with Crippen LogP contribution in [0.5, 0.6) is 0 Å². The molecule has 1 aromatic rings. The first-order valence-corrected chi connectivity index (χ1v) is 9.94. The zero-order valence-electron chi connectivity index (χ0n) is 18.2. The second-order valence-electron chi connectivity index (χ2n) is 5.04. The van der Waals surface area contributed by atoms with Crippen LogP contribution in [0, 0.1) is 0 Å². The van der Waals surface area contributed by atoms with Crippen molar-refractivity contribution >= 4 is 24.3 Å². The van der Waals surface area contributed by atoms with E-state index in [-0.39, 0.29) is 0 Å². The molecule has 25 heavy (non-hydrogen) atoms. The average molecular weight is 341 g/mol. The maximum Gasteiger partial charge on any atom is -0.00574 e. The predicted octanol–water partition coefficient (Wildman–Crippen LogP) is 8.61. The van der Waals surface area contributed by atoms with Crippen molar-refractivity contribution in [2.75, 3.05) is 0 Å². The van der Waals surface area contributed by atoms with Crippen LogP contribution in [0.1, 0.15) is 95.7 Å². The Balaban J connectivity index is 0. The van der Waals surface area contributed by atoms with Crippen LogP contribution in [0.3, 0.4) is 0 Å². The third kappa shape index (κ3) is 5.88. The highest BCUT2D eigenvalue weighted by atomic mass is 14.2. The molecule has 2 rings (SSSR count). The Morgan fingerprint density at radius 1 is 0.920 bits per heavy atom. The zero-order valence-corrected chi connectivity index (χ0v) is 18.2. The summed E-state index contributed by atoms with van der Waals surface area (Å²) in [4.78, 5) is 0. The van der Waals surface area contributed by atoms with Crippen molar-refractivity contribution in [1.82, 2.24) is 0 Å². The molecule has 1 aromatic carbocycles. The molecule has 0 spiro atoms. The van der Waals surface area contributed by atoms with Crippen molar-refractivity contribution in [1.29, 1.82) is 0 Å². The van der Waals surface area contributed by atoms with Crippen molar-refractivity contribution in [3.05, 3.63) is 58.2 Å². The van der Waals surface area contributed by atoms with Crippen LogP contribution < -0.4 is 0 Å². The van der Waals surface area contributed by atoms with E-state index >= 15 is 0 Å². The Labute approximate surface area is 158 Å². The zero-order chi connectivity index (χ0) is 20.0. The maximum absolute atomic E-state index is 4.00. The van der Waals surface area contributed by atoms with E-state index in [4.69, 9.17) is 0 Å². The van der Waals surface area contributed by atoms with E-state index < -0.39 is 0 Å². The monoisotopic (exact) mass is 340 g/mol. The Kier molecular flexibility index (Phi) is 14.8. The van der Waals surface area contributed by atoms with Gasteiger partial charge in [0.25, 0.3) is 0 Å². The van der Waals surface area contributed by atoms with Crippen molar-refractivity contribution in [2.45, 2.75) is 75.2 Å². The summed E-state index contributed by atoms with van der Waals surface area (Å²) in [7, 11) is 0. The Bertz CT molecular complexity index is 595. The fraction of sp³-hybridized carbons (Fsp3) is 0.440. The van der Waals surface area contributed by atoms with Crippen molar-refractivity contribution < 1.29 is 0 Å². The topological polar surface area (TPSA) is 0 Å². The number of hydrogen-bond acceptors (Lipinski definition) is 0. The van der Waals surface area contributed by atoms with E-state index in [1.165, 1.54) is 39.0 Å². The summed E-state index contributed by atoms with van der Waals surface area (Å²) in [6.45, 7) is 26.5. The van der Waals surface area contributed by atoms with Gasteiger partial charge in [-0.15, -0.1) is 0 Å². The molecule has 140 valence electrons. The Morgan fingerprint density at radius 2 is 1.44 bits per heavy atom. The first-order valence-electron chi connectivity index (χ1n) is 9.94. The minimum Gasteiger partial charge on any atom is -0.0984 e. The second kappa shape index (κ2) is 14.5. The van der Waals surface area contributed by atoms with Crippen LogP contribution in [0.4, 0.5) is 0 Å². The van der Waals surface area contributed by atoms with Gasteiger partial charge in [-0.25, -0.2) is 0 Å². The molecule has 0 aromatic heterocycles. The summed E-state index contributed by atoms with van der Waals surface area (Å²) in [5, 5.41) is 0. The number of benzene rings is 1. The summed E-state index contributed by atoms with van der Waals surface area (Å²) in [6, 6.07) is 0. The van der Waals surface area contributed by atoms with Crippen LogP contribution in [0.25, 0.3) is 24.3 Å². The van der Waals surface area contributed by atoms with E-state index in [0.29, 0.717) is 0 Å². The van der Waals surface area contributed by atoms with Crippen LogP contribution in [-0.4, -0.2) is 0 Å². The lowest BCUT2D eigenvalue weighted by Gasteiger charge is -2.18. The standard InChI is InChI=1S/C19H22.3C2H6/c1-6-10-17-14(7-2)15(8-3)18-11-13(5)12-19(18)16(17)9-4;3*1-2/h6-8,10-11H,2-3,9,12H2,1,4-5H3;3*1-2H3/b10-6-;;;. The molecule has 0 saturated carbocycles. The number of rotatable bonds is 4. The molecule has 0 heteroatoms. The van der Waals surface area contributed by atoms with E-state index in [1.807, 2.05) is 53.7 Å². The van der Waals surface area contributed by atoms with E-state index in [9.17, 15) is 0 Å². The van der Waals surface area contributed by atoms with Crippen molar-refractivity contribution in [3.63, 3.8) is 0 Å². The first-order chi connectivity index (χ1) is 12.2. The van der Waals surface area contributed by atoms with Crippen LogP contribution in [0.15, 0.2) is 24.8 Å². The lowest BCUT2D eigenvalue weighted by Crippen LogP contribution is -2.02. The Hall–Kier alpha value is -1.82. The van der Waals surface area contributed by atoms with Gasteiger partial charge in [0.15, 0.2) is 0 Å². The van der Waals surface area contributed by atoms with Crippen molar-refractivity contribution in [3.8, 4) is 0 Å². The van der Waals surface area contributed by atoms with Crippen molar-refractivity contribution in [2.24, 2.45) is 0 Å². The molecular weight excluding hydrogens is 300 g/mol. The molecular formula is C25H40. The molecule has 0 amide bonds. The van der Waals surface area contributed by atoms with Gasteiger partial charge in [-0.1, -0.05) is 97.6 Å². The molecule has 0 unspecified atom stereocenters. The molecule has 1 aliphatic rings. The minimum atomic E-state index is 1.06. The minimum absolute atomic E-state index is 1.06. The molecule has 0 radical (unpaired) electrons. The number of allylic oxidation sites excluding steroid dienone is 2. The van der Waals surface area contributed by atoms with Crippen LogP contribution in [-0.2, 0) is 12.8 Å². The molecule has 0 bridgehead atoms. The summed E-state index contributed by atoms with van der Waals surface area (Å²) in [6.07, 6.45) is 12.7. The van der Waals surface area contributed by atoms with Gasteiger partial charge in [-0.2, -0.15) is 0 Å². The Morgan fingerprint density at radius 3 is 1.84 bits per heavy atom. The normalized spacial score (nSPS) is 11.0.